The van der Waals surface area contributed by atoms with Gasteiger partial charge in [0.05, 0.1) is 23.7 Å². The zero-order chi connectivity index (χ0) is 17.0. The molecule has 2 rings (SSSR count). The Bertz CT molecular complexity index is 767. The van der Waals surface area contributed by atoms with Crippen molar-refractivity contribution in [2.75, 3.05) is 24.2 Å². The average molecular weight is 314 g/mol. The molecular formula is C15H18N6O2. The maximum Gasteiger partial charge on any atom is 0.268 e. The van der Waals surface area contributed by atoms with Crippen LogP contribution < -0.4 is 16.0 Å². The van der Waals surface area contributed by atoms with Crippen molar-refractivity contribution in [3.05, 3.63) is 35.3 Å². The highest BCUT2D eigenvalue weighted by Gasteiger charge is 2.22. The molecule has 0 radical (unpaired) electrons. The monoisotopic (exact) mass is 314 g/mol. The number of H-pyrrole nitrogens is 2. The molecule has 2 amide bonds. The van der Waals surface area contributed by atoms with Crippen molar-refractivity contribution in [1.82, 2.24) is 15.3 Å². The van der Waals surface area contributed by atoms with Crippen LogP contribution >= 0.6 is 0 Å². The Kier molecular flexibility index (Phi) is 4.71. The van der Waals surface area contributed by atoms with Crippen molar-refractivity contribution >= 4 is 23.3 Å². The normalized spacial score (nSPS) is 10.1. The number of nitrogen functional groups attached to an aromatic ring is 1. The lowest BCUT2D eigenvalue weighted by Crippen LogP contribution is -2.27. The van der Waals surface area contributed by atoms with Gasteiger partial charge in [-0.2, -0.15) is 5.26 Å². The molecule has 5 N–H and O–H groups in total. The molecule has 120 valence electrons. The number of nitrogens with zero attached hydrogens (tertiary/aromatic N) is 2. The summed E-state index contributed by atoms with van der Waals surface area (Å²) in [5.74, 6) is -0.0478. The van der Waals surface area contributed by atoms with E-state index in [4.69, 9.17) is 11.0 Å². The molecule has 0 bridgehead atoms. The fourth-order valence-electron chi connectivity index (χ4n) is 2.16. The molecule has 0 saturated carbocycles. The number of hydrogen-bond donors (Lipinski definition) is 4. The lowest BCUT2D eigenvalue weighted by atomic mass is 10.1. The summed E-state index contributed by atoms with van der Waals surface area (Å²) in [6.07, 6.45) is 3.32. The van der Waals surface area contributed by atoms with Crippen LogP contribution in [0.25, 0.3) is 0 Å². The molecule has 2 aromatic heterocycles. The third-order valence-corrected chi connectivity index (χ3v) is 3.48. The summed E-state index contributed by atoms with van der Waals surface area (Å²) >= 11 is 0. The van der Waals surface area contributed by atoms with Crippen LogP contribution in [-0.2, 0) is 0 Å². The number of nitrogens with two attached hydrogens (primary N) is 1. The molecule has 0 aliphatic heterocycles. The summed E-state index contributed by atoms with van der Waals surface area (Å²) in [6.45, 7) is 1.96. The Morgan fingerprint density at radius 1 is 1.39 bits per heavy atom. The third kappa shape index (κ3) is 3.35. The third-order valence-electron chi connectivity index (χ3n) is 3.48. The second kappa shape index (κ2) is 6.70. The van der Waals surface area contributed by atoms with E-state index in [0.717, 1.165) is 0 Å². The SMILES string of the molecule is Cc1c(C(=O)N(C)c2cc(N)c[nH]2)c[nH]c1C(=O)NCCC#N. The van der Waals surface area contributed by atoms with Crippen molar-refractivity contribution in [3.8, 4) is 6.07 Å². The van der Waals surface area contributed by atoms with Gasteiger partial charge in [0, 0.05) is 32.1 Å². The Morgan fingerprint density at radius 3 is 2.74 bits per heavy atom. The molecule has 2 heterocycles. The summed E-state index contributed by atoms with van der Waals surface area (Å²) in [5, 5.41) is 11.1. The number of nitrogens with one attached hydrogen (secondary N) is 3. The molecule has 0 fully saturated rings. The Morgan fingerprint density at radius 2 is 2.13 bits per heavy atom. The van der Waals surface area contributed by atoms with E-state index in [2.05, 4.69) is 15.3 Å². The molecule has 23 heavy (non-hydrogen) atoms. The lowest BCUT2D eigenvalue weighted by Gasteiger charge is -2.15. The van der Waals surface area contributed by atoms with Crippen LogP contribution in [0, 0.1) is 18.3 Å². The minimum absolute atomic E-state index is 0.230. The van der Waals surface area contributed by atoms with Gasteiger partial charge in [-0.3, -0.25) is 14.5 Å². The molecule has 0 unspecified atom stereocenters. The smallest absolute Gasteiger partial charge is 0.268 e. The highest BCUT2D eigenvalue weighted by atomic mass is 16.2. The van der Waals surface area contributed by atoms with Gasteiger partial charge in [0.25, 0.3) is 11.8 Å². The lowest BCUT2D eigenvalue weighted by molar-refractivity contribution is 0.0949. The topological polar surface area (TPSA) is 131 Å². The molecule has 2 aromatic rings. The van der Waals surface area contributed by atoms with E-state index in [0.29, 0.717) is 28.3 Å². The maximum atomic E-state index is 12.5. The van der Waals surface area contributed by atoms with E-state index >= 15 is 0 Å². The predicted octanol–water partition coefficient (Wildman–Crippen LogP) is 1.15. The van der Waals surface area contributed by atoms with E-state index in [1.54, 1.807) is 26.2 Å². The number of anilines is 2. The van der Waals surface area contributed by atoms with E-state index in [1.807, 2.05) is 6.07 Å². The van der Waals surface area contributed by atoms with Crippen molar-refractivity contribution in [3.63, 3.8) is 0 Å². The minimum Gasteiger partial charge on any atom is -0.397 e. The summed E-state index contributed by atoms with van der Waals surface area (Å²) in [6, 6.07) is 3.60. The summed E-state index contributed by atoms with van der Waals surface area (Å²) in [7, 11) is 1.62. The number of hydrogen-bond acceptors (Lipinski definition) is 4. The van der Waals surface area contributed by atoms with Gasteiger partial charge >= 0.3 is 0 Å². The average Bonchev–Trinajstić information content (AvgIpc) is 3.12. The van der Waals surface area contributed by atoms with Gasteiger partial charge in [0.15, 0.2) is 0 Å². The van der Waals surface area contributed by atoms with E-state index < -0.39 is 0 Å². The van der Waals surface area contributed by atoms with Gasteiger partial charge in [0.1, 0.15) is 11.5 Å². The van der Waals surface area contributed by atoms with Gasteiger partial charge < -0.3 is 21.0 Å². The maximum absolute atomic E-state index is 12.5. The number of carbonyl (C=O) groups excluding carboxylic acids is 2. The first kappa shape index (κ1) is 16.2. The van der Waals surface area contributed by atoms with Crippen LogP contribution in [0.5, 0.6) is 0 Å². The Labute approximate surface area is 133 Å². The molecule has 0 saturated heterocycles. The van der Waals surface area contributed by atoms with Gasteiger partial charge in [-0.15, -0.1) is 0 Å². The Hall–Kier alpha value is -3.21. The van der Waals surface area contributed by atoms with Crippen molar-refractivity contribution in [2.24, 2.45) is 0 Å². The van der Waals surface area contributed by atoms with Gasteiger partial charge in [-0.1, -0.05) is 0 Å². The second-order valence-electron chi connectivity index (χ2n) is 5.05. The van der Waals surface area contributed by atoms with Crippen molar-refractivity contribution in [1.29, 1.82) is 5.26 Å². The molecule has 0 aromatic carbocycles. The van der Waals surface area contributed by atoms with Crippen molar-refractivity contribution < 1.29 is 9.59 Å². The minimum atomic E-state index is -0.344. The zero-order valence-corrected chi connectivity index (χ0v) is 12.9. The summed E-state index contributed by atoms with van der Waals surface area (Å²) in [4.78, 5) is 31.7. The molecule has 0 aliphatic carbocycles. The van der Waals surface area contributed by atoms with Crippen LogP contribution in [0.4, 0.5) is 11.5 Å². The number of carbonyl (C=O) groups is 2. The summed E-state index contributed by atoms with van der Waals surface area (Å²) < 4.78 is 0. The van der Waals surface area contributed by atoms with Gasteiger partial charge in [-0.25, -0.2) is 0 Å². The second-order valence-corrected chi connectivity index (χ2v) is 5.05. The Balaban J connectivity index is 2.16. The van der Waals surface area contributed by atoms with Crippen LogP contribution in [0.3, 0.4) is 0 Å². The predicted molar refractivity (Wildman–Crippen MR) is 86.0 cm³/mol. The molecular weight excluding hydrogens is 296 g/mol. The molecule has 0 spiro atoms. The van der Waals surface area contributed by atoms with Gasteiger partial charge in [-0.05, 0) is 12.5 Å². The van der Waals surface area contributed by atoms with Crippen molar-refractivity contribution in [2.45, 2.75) is 13.3 Å². The number of nitriles is 1. The quantitative estimate of drug-likeness (QED) is 0.616. The number of rotatable bonds is 5. The van der Waals surface area contributed by atoms with E-state index in [1.165, 1.54) is 11.1 Å². The highest BCUT2D eigenvalue weighted by Crippen LogP contribution is 2.20. The van der Waals surface area contributed by atoms with Crippen LogP contribution in [0.15, 0.2) is 18.5 Å². The fraction of sp³-hybridized carbons (Fsp3) is 0.267. The summed E-state index contributed by atoms with van der Waals surface area (Å²) in [5.41, 5.74) is 7.42. The number of amides is 2. The van der Waals surface area contributed by atoms with Gasteiger partial charge in [0.2, 0.25) is 0 Å². The molecule has 8 nitrogen and oxygen atoms in total. The number of aromatic amines is 2. The standard InChI is InChI=1S/C15H18N6O2/c1-9-11(8-20-13(9)14(22)18-5-3-4-16)15(23)21(2)12-6-10(17)7-19-12/h6-8,19-20H,3,5,17H2,1-2H3,(H,18,22). The fourth-order valence-corrected chi connectivity index (χ4v) is 2.16. The largest absolute Gasteiger partial charge is 0.397 e. The van der Waals surface area contributed by atoms with E-state index in [9.17, 15) is 9.59 Å². The van der Waals surface area contributed by atoms with Crippen LogP contribution in [0.1, 0.15) is 32.8 Å². The zero-order valence-electron chi connectivity index (χ0n) is 12.9. The first-order valence-electron chi connectivity index (χ1n) is 7.00. The highest BCUT2D eigenvalue weighted by molar-refractivity contribution is 6.08. The van der Waals surface area contributed by atoms with E-state index in [-0.39, 0.29) is 24.8 Å². The first-order valence-corrected chi connectivity index (χ1v) is 7.00. The van der Waals surface area contributed by atoms with Crippen LogP contribution in [-0.4, -0.2) is 35.4 Å². The van der Waals surface area contributed by atoms with Crippen LogP contribution in [0.2, 0.25) is 0 Å². The number of aromatic nitrogens is 2. The molecule has 8 heteroatoms. The molecule has 0 atom stereocenters. The first-order chi connectivity index (χ1) is 11.0. The molecule has 0 aliphatic rings.